The molecule has 5 aromatic rings. The first kappa shape index (κ1) is 33.3. The van der Waals surface area contributed by atoms with E-state index < -0.39 is 59.3 Å². The number of hydrogen-bond acceptors (Lipinski definition) is 11. The summed E-state index contributed by atoms with van der Waals surface area (Å²) < 4.78 is 28.0. The maximum atomic E-state index is 13.3. The molecule has 0 radical (unpaired) electrons. The van der Waals surface area contributed by atoms with E-state index in [9.17, 15) is 29.7 Å². The predicted molar refractivity (Wildman–Crippen MR) is 179 cm³/mol. The smallest absolute Gasteiger partial charge is 0.404 e. The van der Waals surface area contributed by atoms with Crippen molar-refractivity contribution in [1.82, 2.24) is 0 Å². The van der Waals surface area contributed by atoms with Gasteiger partial charge in [-0.25, -0.2) is 9.59 Å². The molecule has 13 heteroatoms. The van der Waals surface area contributed by atoms with Gasteiger partial charge in [-0.2, -0.15) is 0 Å². The standard InChI is InChI=1S/C36H34N2O11/c1-17-25(46-34-28(41)30(48-35(37)44)31(45-4)36(2,3)49-34)14-12-22-27(40)26(33(43)47-29(17)22)38-32(42)21-11-13-24(39)23(16-21)20-10-9-18-7-5-6-8-19(18)15-20/h5-16,28,30-31,34,39-41H,1-4H3,(H2,37,44)(H,38,42)/t28-,30+,31-,34-/m1/s1. The van der Waals surface area contributed by atoms with Crippen molar-refractivity contribution < 1.29 is 48.3 Å². The van der Waals surface area contributed by atoms with Crippen molar-refractivity contribution in [2.75, 3.05) is 12.4 Å². The number of phenolic OH excluding ortho intramolecular Hbond substituents is 1. The quantitative estimate of drug-likeness (QED) is 0.147. The van der Waals surface area contributed by atoms with E-state index in [0.29, 0.717) is 11.1 Å². The van der Waals surface area contributed by atoms with Gasteiger partial charge in [0, 0.05) is 23.8 Å². The lowest BCUT2D eigenvalue weighted by atomic mass is 9.89. The number of phenols is 1. The summed E-state index contributed by atoms with van der Waals surface area (Å²) in [6.45, 7) is 4.87. The van der Waals surface area contributed by atoms with E-state index >= 15 is 0 Å². The van der Waals surface area contributed by atoms with E-state index in [1.165, 1.54) is 37.4 Å². The Hall–Kier alpha value is -5.63. The second-order valence-corrected chi connectivity index (χ2v) is 12.2. The highest BCUT2D eigenvalue weighted by atomic mass is 16.7. The van der Waals surface area contributed by atoms with Crippen molar-refractivity contribution in [2.24, 2.45) is 5.73 Å². The molecule has 254 valence electrons. The Kier molecular flexibility index (Phi) is 8.67. The number of aryl methyl sites for hydroxylation is 1. The molecular formula is C36H34N2O11. The average Bonchev–Trinajstić information content (AvgIpc) is 3.06. The van der Waals surface area contributed by atoms with Crippen molar-refractivity contribution >= 4 is 39.4 Å². The number of aliphatic hydroxyl groups excluding tert-OH is 1. The summed E-state index contributed by atoms with van der Waals surface area (Å²) >= 11 is 0. The molecule has 6 rings (SSSR count). The molecule has 4 aromatic carbocycles. The molecule has 4 atom stereocenters. The minimum Gasteiger partial charge on any atom is -0.507 e. The number of methoxy groups -OCH3 is 1. The molecule has 1 aliphatic heterocycles. The van der Waals surface area contributed by atoms with Gasteiger partial charge < -0.3 is 49.7 Å². The number of primary amides is 1. The molecule has 2 amide bonds. The number of amides is 2. The number of carbonyl (C=O) groups excluding carboxylic acids is 2. The van der Waals surface area contributed by atoms with E-state index in [0.717, 1.165) is 10.8 Å². The summed E-state index contributed by atoms with van der Waals surface area (Å²) in [5, 5.41) is 37.2. The van der Waals surface area contributed by atoms with Crippen molar-refractivity contribution in [3.05, 3.63) is 94.3 Å². The summed E-state index contributed by atoms with van der Waals surface area (Å²) in [5.41, 5.74) is 3.99. The van der Waals surface area contributed by atoms with E-state index in [-0.39, 0.29) is 33.6 Å². The number of anilines is 1. The fourth-order valence-electron chi connectivity index (χ4n) is 6.12. The van der Waals surface area contributed by atoms with Gasteiger partial charge in [0.15, 0.2) is 23.6 Å². The first-order chi connectivity index (χ1) is 23.3. The van der Waals surface area contributed by atoms with Crippen molar-refractivity contribution in [2.45, 2.75) is 51.0 Å². The average molecular weight is 671 g/mol. The predicted octanol–water partition coefficient (Wildman–Crippen LogP) is 4.94. The number of aromatic hydroxyl groups is 2. The number of benzene rings is 4. The third-order valence-electron chi connectivity index (χ3n) is 8.57. The van der Waals surface area contributed by atoms with Crippen LogP contribution < -0.4 is 21.4 Å². The van der Waals surface area contributed by atoms with E-state index in [2.05, 4.69) is 5.32 Å². The van der Waals surface area contributed by atoms with Gasteiger partial charge in [-0.05, 0) is 73.5 Å². The second kappa shape index (κ2) is 12.8. The normalized spacial score (nSPS) is 20.2. The van der Waals surface area contributed by atoms with Gasteiger partial charge >= 0.3 is 11.7 Å². The summed E-state index contributed by atoms with van der Waals surface area (Å²) in [5.74, 6) is -1.20. The van der Waals surface area contributed by atoms with Crippen LogP contribution in [0.2, 0.25) is 0 Å². The zero-order valence-corrected chi connectivity index (χ0v) is 26.9. The van der Waals surface area contributed by atoms with Crippen molar-refractivity contribution in [1.29, 1.82) is 0 Å². The summed E-state index contributed by atoms with van der Waals surface area (Å²) in [6, 6.07) is 20.5. The minimum absolute atomic E-state index is 0.0439. The Morgan fingerprint density at radius 2 is 1.71 bits per heavy atom. The van der Waals surface area contributed by atoms with Crippen LogP contribution in [0.3, 0.4) is 0 Å². The molecule has 0 bridgehead atoms. The Bertz CT molecular complexity index is 2160. The molecule has 49 heavy (non-hydrogen) atoms. The van der Waals surface area contributed by atoms with E-state index in [1.807, 2.05) is 42.5 Å². The van der Waals surface area contributed by atoms with Gasteiger partial charge in [0.1, 0.15) is 23.2 Å². The Morgan fingerprint density at radius 3 is 2.43 bits per heavy atom. The largest absolute Gasteiger partial charge is 0.507 e. The van der Waals surface area contributed by atoms with Crippen LogP contribution in [0.15, 0.2) is 82.0 Å². The zero-order valence-electron chi connectivity index (χ0n) is 26.9. The summed E-state index contributed by atoms with van der Waals surface area (Å²) in [4.78, 5) is 38.0. The van der Waals surface area contributed by atoms with Crippen LogP contribution in [0.1, 0.15) is 29.8 Å². The van der Waals surface area contributed by atoms with Gasteiger partial charge in [-0.15, -0.1) is 0 Å². The molecule has 13 nitrogen and oxygen atoms in total. The number of ether oxygens (including phenoxy) is 4. The SMILES string of the molecule is CO[C@@H]1[C@@H](OC(N)=O)[C@@H](O)[C@H](Oc2ccc3c(O)c(NC(=O)c4ccc(O)c(-c5ccc6ccccc6c5)c4)c(=O)oc3c2C)OC1(C)C. The number of hydrogen-bond donors (Lipinski definition) is 5. The van der Waals surface area contributed by atoms with Crippen LogP contribution in [0.5, 0.6) is 17.2 Å². The number of carbonyl (C=O) groups is 2. The third kappa shape index (κ3) is 6.22. The molecule has 1 aliphatic rings. The monoisotopic (exact) mass is 670 g/mol. The molecule has 1 saturated heterocycles. The maximum Gasteiger partial charge on any atom is 0.404 e. The topological polar surface area (TPSA) is 200 Å². The molecule has 1 fully saturated rings. The Morgan fingerprint density at radius 1 is 0.980 bits per heavy atom. The molecule has 0 unspecified atom stereocenters. The first-order valence-corrected chi connectivity index (χ1v) is 15.2. The lowest BCUT2D eigenvalue weighted by molar-refractivity contribution is -0.304. The van der Waals surface area contributed by atoms with E-state index in [4.69, 9.17) is 29.1 Å². The van der Waals surface area contributed by atoms with Gasteiger partial charge in [0.05, 0.1) is 11.0 Å². The molecule has 1 aromatic heterocycles. The van der Waals surface area contributed by atoms with Gasteiger partial charge in [0.25, 0.3) is 5.91 Å². The number of fused-ring (bicyclic) bond motifs is 2. The van der Waals surface area contributed by atoms with Crippen LogP contribution in [-0.4, -0.2) is 64.6 Å². The van der Waals surface area contributed by atoms with Crippen LogP contribution in [0.4, 0.5) is 10.5 Å². The second-order valence-electron chi connectivity index (χ2n) is 12.2. The number of nitrogens with two attached hydrogens (primary N) is 1. The fraction of sp³-hybridized carbons (Fsp3) is 0.250. The highest BCUT2D eigenvalue weighted by Crippen LogP contribution is 2.39. The lowest BCUT2D eigenvalue weighted by Gasteiger charge is -2.47. The third-order valence-corrected chi connectivity index (χ3v) is 8.57. The number of aliphatic hydroxyl groups is 1. The Labute approximate surface area is 279 Å². The van der Waals surface area contributed by atoms with Gasteiger partial charge in [-0.3, -0.25) is 4.79 Å². The van der Waals surface area contributed by atoms with Crippen LogP contribution in [0, 0.1) is 6.92 Å². The van der Waals surface area contributed by atoms with Crippen molar-refractivity contribution in [3.63, 3.8) is 0 Å². The maximum absolute atomic E-state index is 13.3. The highest BCUT2D eigenvalue weighted by molar-refractivity contribution is 6.07. The summed E-state index contributed by atoms with van der Waals surface area (Å²) in [7, 11) is 1.37. The fourth-order valence-corrected chi connectivity index (χ4v) is 6.12. The highest BCUT2D eigenvalue weighted by Gasteiger charge is 2.53. The van der Waals surface area contributed by atoms with Crippen LogP contribution in [0.25, 0.3) is 32.9 Å². The first-order valence-electron chi connectivity index (χ1n) is 15.2. The van der Waals surface area contributed by atoms with Crippen LogP contribution >= 0.6 is 0 Å². The summed E-state index contributed by atoms with van der Waals surface area (Å²) in [6.07, 6.45) is -6.14. The van der Waals surface area contributed by atoms with Crippen LogP contribution in [-0.2, 0) is 14.2 Å². The molecule has 0 aliphatic carbocycles. The molecule has 6 N–H and O–H groups in total. The molecular weight excluding hydrogens is 636 g/mol. The van der Waals surface area contributed by atoms with E-state index in [1.54, 1.807) is 20.8 Å². The van der Waals surface area contributed by atoms with Gasteiger partial charge in [0.2, 0.25) is 6.29 Å². The van der Waals surface area contributed by atoms with Gasteiger partial charge in [-0.1, -0.05) is 36.4 Å². The Balaban J connectivity index is 1.27. The minimum atomic E-state index is -1.53. The molecule has 0 spiro atoms. The van der Waals surface area contributed by atoms with Crippen molar-refractivity contribution in [3.8, 4) is 28.4 Å². The zero-order chi connectivity index (χ0) is 35.2. The molecule has 0 saturated carbocycles. The molecule has 2 heterocycles. The number of rotatable bonds is 7. The number of nitrogens with one attached hydrogen (secondary N) is 1. The lowest BCUT2D eigenvalue weighted by Crippen LogP contribution is -2.65.